The van der Waals surface area contributed by atoms with E-state index < -0.39 is 11.8 Å². The number of fused-ring (bicyclic) bond motifs is 1. The molecule has 0 saturated heterocycles. The number of carbonyl (C=O) groups excluding carboxylic acids is 2. The molecule has 144 valence electrons. The number of benzene rings is 2. The van der Waals surface area contributed by atoms with Gasteiger partial charge in [0.25, 0.3) is 0 Å². The number of hydrogen-bond donors (Lipinski definition) is 4. The summed E-state index contributed by atoms with van der Waals surface area (Å²) in [7, 11) is 0. The van der Waals surface area contributed by atoms with Gasteiger partial charge in [0.1, 0.15) is 6.33 Å². The lowest BCUT2D eigenvalue weighted by Crippen LogP contribution is -2.10. The molecule has 4 aromatic rings. The van der Waals surface area contributed by atoms with Crippen LogP contribution in [-0.4, -0.2) is 31.3 Å². The average Bonchev–Trinajstić information content (AvgIpc) is 3.12. The zero-order valence-corrected chi connectivity index (χ0v) is 15.0. The van der Waals surface area contributed by atoms with Gasteiger partial charge in [0.05, 0.1) is 0 Å². The third-order valence-electron chi connectivity index (χ3n) is 4.28. The van der Waals surface area contributed by atoms with Gasteiger partial charge in [-0.15, -0.1) is 0 Å². The van der Waals surface area contributed by atoms with Crippen molar-refractivity contribution in [1.29, 1.82) is 0 Å². The SMILES string of the molecule is NC(=O)c1ccc(Nc2nc(N)nc3c2ncn3-c2ccc(C(N)=O)cc2)cc1. The maximum Gasteiger partial charge on any atom is 0.248 e. The van der Waals surface area contributed by atoms with Crippen LogP contribution in [0.15, 0.2) is 54.9 Å². The highest BCUT2D eigenvalue weighted by Gasteiger charge is 2.14. The number of nitrogens with zero attached hydrogens (tertiary/aromatic N) is 4. The molecular formula is C19H16N8O2. The second-order valence-electron chi connectivity index (χ2n) is 6.19. The van der Waals surface area contributed by atoms with Gasteiger partial charge in [0.2, 0.25) is 17.8 Å². The van der Waals surface area contributed by atoms with Crippen LogP contribution in [0.4, 0.5) is 17.5 Å². The third kappa shape index (κ3) is 3.41. The van der Waals surface area contributed by atoms with Gasteiger partial charge in [-0.05, 0) is 48.5 Å². The summed E-state index contributed by atoms with van der Waals surface area (Å²) in [6.07, 6.45) is 1.58. The first-order valence-electron chi connectivity index (χ1n) is 8.50. The molecule has 0 bridgehead atoms. The number of primary amides is 2. The molecule has 0 fully saturated rings. The predicted molar refractivity (Wildman–Crippen MR) is 108 cm³/mol. The second-order valence-corrected chi connectivity index (χ2v) is 6.19. The topological polar surface area (TPSA) is 168 Å². The van der Waals surface area contributed by atoms with Crippen LogP contribution in [0.2, 0.25) is 0 Å². The fourth-order valence-electron chi connectivity index (χ4n) is 2.83. The first-order chi connectivity index (χ1) is 13.9. The van der Waals surface area contributed by atoms with E-state index in [0.717, 1.165) is 5.69 Å². The quantitative estimate of drug-likeness (QED) is 0.400. The summed E-state index contributed by atoms with van der Waals surface area (Å²) in [6.45, 7) is 0. The molecule has 10 nitrogen and oxygen atoms in total. The van der Waals surface area contributed by atoms with E-state index in [1.165, 1.54) is 0 Å². The number of hydrogen-bond acceptors (Lipinski definition) is 7. The van der Waals surface area contributed by atoms with E-state index >= 15 is 0 Å². The number of nitrogens with two attached hydrogens (primary N) is 3. The normalized spacial score (nSPS) is 10.8. The van der Waals surface area contributed by atoms with Crippen molar-refractivity contribution < 1.29 is 9.59 Å². The molecule has 2 aromatic carbocycles. The van der Waals surface area contributed by atoms with E-state index in [9.17, 15) is 9.59 Å². The molecule has 29 heavy (non-hydrogen) atoms. The average molecular weight is 388 g/mol. The van der Waals surface area contributed by atoms with E-state index in [2.05, 4.69) is 20.3 Å². The second kappa shape index (κ2) is 6.93. The molecule has 10 heteroatoms. The first-order valence-corrected chi connectivity index (χ1v) is 8.50. The number of imidazole rings is 1. The maximum atomic E-state index is 11.3. The Hall–Kier alpha value is -4.47. The lowest BCUT2D eigenvalue weighted by molar-refractivity contribution is 0.0992. The molecule has 2 aromatic heterocycles. The first kappa shape index (κ1) is 17.9. The zero-order chi connectivity index (χ0) is 20.5. The number of aromatic nitrogens is 4. The minimum absolute atomic E-state index is 0.0595. The van der Waals surface area contributed by atoms with Gasteiger partial charge in [-0.1, -0.05) is 0 Å². The van der Waals surface area contributed by atoms with Gasteiger partial charge in [-0.2, -0.15) is 9.97 Å². The molecule has 0 spiro atoms. The monoisotopic (exact) mass is 388 g/mol. The number of nitrogen functional groups attached to an aromatic ring is 1. The lowest BCUT2D eigenvalue weighted by atomic mass is 10.2. The molecule has 0 aliphatic rings. The smallest absolute Gasteiger partial charge is 0.248 e. The number of rotatable bonds is 5. The molecule has 7 N–H and O–H groups in total. The van der Waals surface area contributed by atoms with Crippen molar-refractivity contribution in [2.75, 3.05) is 11.1 Å². The molecular weight excluding hydrogens is 372 g/mol. The van der Waals surface area contributed by atoms with Crippen LogP contribution in [0.3, 0.4) is 0 Å². The van der Waals surface area contributed by atoms with Crippen LogP contribution in [0.1, 0.15) is 20.7 Å². The Labute approximate surface area is 164 Å². The fraction of sp³-hybridized carbons (Fsp3) is 0. The van der Waals surface area contributed by atoms with Crippen molar-refractivity contribution in [3.63, 3.8) is 0 Å². The van der Waals surface area contributed by atoms with Crippen molar-refractivity contribution in [1.82, 2.24) is 19.5 Å². The van der Waals surface area contributed by atoms with Crippen molar-refractivity contribution in [2.24, 2.45) is 11.5 Å². The number of carbonyl (C=O) groups is 2. The van der Waals surface area contributed by atoms with Gasteiger partial charge >= 0.3 is 0 Å². The van der Waals surface area contributed by atoms with Crippen LogP contribution in [0, 0.1) is 0 Å². The van der Waals surface area contributed by atoms with Crippen LogP contribution >= 0.6 is 0 Å². The minimum Gasteiger partial charge on any atom is -0.368 e. The van der Waals surface area contributed by atoms with Gasteiger partial charge < -0.3 is 22.5 Å². The molecule has 0 radical (unpaired) electrons. The van der Waals surface area contributed by atoms with Crippen molar-refractivity contribution >= 4 is 40.4 Å². The van der Waals surface area contributed by atoms with Crippen LogP contribution in [0.25, 0.3) is 16.9 Å². The predicted octanol–water partition coefficient (Wildman–Crippen LogP) is 1.34. The summed E-state index contributed by atoms with van der Waals surface area (Å²) >= 11 is 0. The molecule has 2 heterocycles. The standard InChI is InChI=1S/C19H16N8O2/c20-15(28)10-1-5-12(6-2-10)24-17-14-18(26-19(22)25-17)27(9-23-14)13-7-3-11(4-8-13)16(21)29/h1-9H,(H2,20,28)(H2,21,29)(H3,22,24,25,26). The highest BCUT2D eigenvalue weighted by atomic mass is 16.1. The van der Waals surface area contributed by atoms with E-state index in [0.29, 0.717) is 33.8 Å². The summed E-state index contributed by atoms with van der Waals surface area (Å²) in [5.41, 5.74) is 19.6. The minimum atomic E-state index is -0.508. The summed E-state index contributed by atoms with van der Waals surface area (Å²) < 4.78 is 1.72. The van der Waals surface area contributed by atoms with Gasteiger partial charge in [-0.25, -0.2) is 4.98 Å². The van der Waals surface area contributed by atoms with Crippen LogP contribution in [-0.2, 0) is 0 Å². The highest BCUT2D eigenvalue weighted by molar-refractivity contribution is 5.94. The summed E-state index contributed by atoms with van der Waals surface area (Å²) in [5.74, 6) is -0.546. The largest absolute Gasteiger partial charge is 0.368 e. The Bertz CT molecular complexity index is 1230. The number of amides is 2. The van der Waals surface area contributed by atoms with E-state index in [1.807, 2.05) is 0 Å². The van der Waals surface area contributed by atoms with Crippen molar-refractivity contribution in [3.8, 4) is 5.69 Å². The molecule has 2 amide bonds. The lowest BCUT2D eigenvalue weighted by Gasteiger charge is -2.09. The molecule has 0 aliphatic carbocycles. The molecule has 0 unspecified atom stereocenters. The Kier molecular flexibility index (Phi) is 4.28. The van der Waals surface area contributed by atoms with Gasteiger partial charge in [0, 0.05) is 22.5 Å². The van der Waals surface area contributed by atoms with Gasteiger partial charge in [0.15, 0.2) is 17.0 Å². The fourth-order valence-corrected chi connectivity index (χ4v) is 2.83. The molecule has 0 aliphatic heterocycles. The molecule has 4 rings (SSSR count). The van der Waals surface area contributed by atoms with Crippen molar-refractivity contribution in [3.05, 3.63) is 66.0 Å². The van der Waals surface area contributed by atoms with E-state index in [1.54, 1.807) is 59.4 Å². The summed E-state index contributed by atoms with van der Waals surface area (Å²) in [5, 5.41) is 3.12. The summed E-state index contributed by atoms with van der Waals surface area (Å²) in [4.78, 5) is 35.4. The Morgan fingerprint density at radius 3 is 2.03 bits per heavy atom. The third-order valence-corrected chi connectivity index (χ3v) is 4.28. The number of nitrogens with one attached hydrogen (secondary N) is 1. The molecule has 0 atom stereocenters. The van der Waals surface area contributed by atoms with E-state index in [-0.39, 0.29) is 5.95 Å². The Morgan fingerprint density at radius 2 is 1.45 bits per heavy atom. The Morgan fingerprint density at radius 1 is 0.862 bits per heavy atom. The van der Waals surface area contributed by atoms with Crippen LogP contribution < -0.4 is 22.5 Å². The maximum absolute atomic E-state index is 11.3. The van der Waals surface area contributed by atoms with Crippen molar-refractivity contribution in [2.45, 2.75) is 0 Å². The Balaban J connectivity index is 1.73. The van der Waals surface area contributed by atoms with Crippen LogP contribution in [0.5, 0.6) is 0 Å². The number of anilines is 3. The zero-order valence-electron chi connectivity index (χ0n) is 15.0. The summed E-state index contributed by atoms with van der Waals surface area (Å²) in [6, 6.07) is 13.3. The van der Waals surface area contributed by atoms with E-state index in [4.69, 9.17) is 17.2 Å². The van der Waals surface area contributed by atoms with Gasteiger partial charge in [-0.3, -0.25) is 14.2 Å². The molecule has 0 saturated carbocycles. The highest BCUT2D eigenvalue weighted by Crippen LogP contribution is 2.25.